The quantitative estimate of drug-likeness (QED) is 0.590. The Morgan fingerprint density at radius 2 is 1.04 bits per heavy atom. The second-order valence-corrected chi connectivity index (χ2v) is 7.14. The molecular formula is C15H11F6O2P. The van der Waals surface area contributed by atoms with Crippen LogP contribution in [0.2, 0.25) is 0 Å². The summed E-state index contributed by atoms with van der Waals surface area (Å²) in [4.78, 5) is 0. The molecule has 0 aliphatic heterocycles. The topological polar surface area (TPSA) is 26.3 Å². The summed E-state index contributed by atoms with van der Waals surface area (Å²) in [5.74, 6) is 0. The molecule has 130 valence electrons. The minimum Gasteiger partial charge on any atom is -0.299 e. The van der Waals surface area contributed by atoms with E-state index in [0.717, 1.165) is 24.3 Å². The highest BCUT2D eigenvalue weighted by Gasteiger charge is 2.60. The van der Waals surface area contributed by atoms with Gasteiger partial charge in [-0.05, 0) is 24.3 Å². The first-order valence-electron chi connectivity index (χ1n) is 6.58. The van der Waals surface area contributed by atoms with Crippen LogP contribution in [-0.4, -0.2) is 18.5 Å². The summed E-state index contributed by atoms with van der Waals surface area (Å²) in [7, 11) is -4.61. The molecule has 9 heteroatoms. The Kier molecular flexibility index (Phi) is 5.11. The molecule has 0 aromatic heterocycles. The lowest BCUT2D eigenvalue weighted by Gasteiger charge is -2.28. The predicted octanol–water partition coefficient (Wildman–Crippen LogP) is 4.43. The Labute approximate surface area is 133 Å². The van der Waals surface area contributed by atoms with Gasteiger partial charge in [0.25, 0.3) is 13.5 Å². The van der Waals surface area contributed by atoms with Gasteiger partial charge in [-0.1, -0.05) is 36.4 Å². The second-order valence-electron chi connectivity index (χ2n) is 4.79. The van der Waals surface area contributed by atoms with Crippen molar-refractivity contribution in [3.8, 4) is 0 Å². The summed E-state index contributed by atoms with van der Waals surface area (Å²) in [5, 5.41) is -0.510. The van der Waals surface area contributed by atoms with E-state index >= 15 is 0 Å². The molecule has 0 N–H and O–H groups in total. The normalized spacial score (nSPS) is 13.3. The van der Waals surface area contributed by atoms with E-state index in [1.165, 1.54) is 36.4 Å². The van der Waals surface area contributed by atoms with Crippen LogP contribution < -0.4 is 10.6 Å². The highest BCUT2D eigenvalue weighted by molar-refractivity contribution is 7.74. The van der Waals surface area contributed by atoms with E-state index in [2.05, 4.69) is 4.52 Å². The standard InChI is InChI=1S/C15H11F6O2P/c16-14(17,18)13(15(19,20)21)23-24(22,11-7-3-1-4-8-11)12-9-5-2-6-10-12/h1-10,13H. The molecule has 0 saturated carbocycles. The van der Waals surface area contributed by atoms with Crippen molar-refractivity contribution < 1.29 is 35.4 Å². The number of rotatable bonds is 4. The summed E-state index contributed by atoms with van der Waals surface area (Å²) < 4.78 is 94.2. The van der Waals surface area contributed by atoms with Gasteiger partial charge in [0.15, 0.2) is 0 Å². The largest absolute Gasteiger partial charge is 0.424 e. The van der Waals surface area contributed by atoms with Crippen molar-refractivity contribution in [3.05, 3.63) is 60.7 Å². The Morgan fingerprint density at radius 1 is 0.708 bits per heavy atom. The number of alkyl halides is 6. The third-order valence-electron chi connectivity index (χ3n) is 3.04. The van der Waals surface area contributed by atoms with Crippen LogP contribution in [0.15, 0.2) is 60.7 Å². The molecule has 2 aromatic carbocycles. The van der Waals surface area contributed by atoms with Gasteiger partial charge in [-0.25, -0.2) is 0 Å². The molecule has 0 aliphatic rings. The van der Waals surface area contributed by atoms with Crippen molar-refractivity contribution in [2.45, 2.75) is 18.5 Å². The van der Waals surface area contributed by atoms with Gasteiger partial charge >= 0.3 is 12.4 Å². The van der Waals surface area contributed by atoms with Crippen molar-refractivity contribution in [3.63, 3.8) is 0 Å². The fourth-order valence-corrected chi connectivity index (χ4v) is 4.18. The zero-order chi connectivity index (χ0) is 18.0. The second kappa shape index (κ2) is 6.61. The molecule has 0 heterocycles. The molecule has 0 aliphatic carbocycles. The third-order valence-corrected chi connectivity index (χ3v) is 5.50. The van der Waals surface area contributed by atoms with Crippen LogP contribution in [0.5, 0.6) is 0 Å². The van der Waals surface area contributed by atoms with Crippen molar-refractivity contribution in [2.24, 2.45) is 0 Å². The average molecular weight is 368 g/mol. The maximum absolute atomic E-state index is 13.1. The molecular weight excluding hydrogens is 357 g/mol. The third kappa shape index (κ3) is 3.99. The molecule has 0 radical (unpaired) electrons. The van der Waals surface area contributed by atoms with Gasteiger partial charge < -0.3 is 0 Å². The molecule has 2 rings (SSSR count). The van der Waals surface area contributed by atoms with Crippen molar-refractivity contribution in [1.82, 2.24) is 0 Å². The Balaban J connectivity index is 2.58. The van der Waals surface area contributed by atoms with E-state index in [1.54, 1.807) is 0 Å². The van der Waals surface area contributed by atoms with Gasteiger partial charge in [0.1, 0.15) is 0 Å². The summed E-state index contributed by atoms with van der Waals surface area (Å²) in [6.45, 7) is 0. The monoisotopic (exact) mass is 368 g/mol. The van der Waals surface area contributed by atoms with Gasteiger partial charge in [-0.15, -0.1) is 0 Å². The van der Waals surface area contributed by atoms with Crippen LogP contribution in [0.25, 0.3) is 0 Å². The maximum atomic E-state index is 13.1. The van der Waals surface area contributed by atoms with E-state index in [1.807, 2.05) is 0 Å². The Morgan fingerprint density at radius 3 is 1.33 bits per heavy atom. The lowest BCUT2D eigenvalue weighted by atomic mass is 10.3. The first-order chi connectivity index (χ1) is 11.0. The first-order valence-corrected chi connectivity index (χ1v) is 8.21. The van der Waals surface area contributed by atoms with Gasteiger partial charge in [-0.3, -0.25) is 9.09 Å². The van der Waals surface area contributed by atoms with Crippen molar-refractivity contribution >= 4 is 18.0 Å². The average Bonchev–Trinajstić information content (AvgIpc) is 2.52. The minimum atomic E-state index is -5.75. The maximum Gasteiger partial charge on any atom is 0.424 e. The summed E-state index contributed by atoms with van der Waals surface area (Å²) >= 11 is 0. The lowest BCUT2D eigenvalue weighted by molar-refractivity contribution is -0.299. The van der Waals surface area contributed by atoms with Crippen molar-refractivity contribution in [1.29, 1.82) is 0 Å². The van der Waals surface area contributed by atoms with E-state index < -0.39 is 25.8 Å². The molecule has 24 heavy (non-hydrogen) atoms. The van der Waals surface area contributed by atoms with E-state index in [0.29, 0.717) is 0 Å². The van der Waals surface area contributed by atoms with Crippen LogP contribution in [0.4, 0.5) is 26.3 Å². The van der Waals surface area contributed by atoms with Gasteiger partial charge in [-0.2, -0.15) is 26.3 Å². The number of halogens is 6. The molecule has 0 saturated heterocycles. The van der Waals surface area contributed by atoms with Gasteiger partial charge in [0.05, 0.1) is 0 Å². The molecule has 0 fully saturated rings. The SMILES string of the molecule is O=P(OC(C(F)(F)F)C(F)(F)F)(c1ccccc1)c1ccccc1. The fraction of sp³-hybridized carbons (Fsp3) is 0.200. The van der Waals surface area contributed by atoms with Crippen LogP contribution >= 0.6 is 7.37 Å². The molecule has 0 spiro atoms. The summed E-state index contributed by atoms with van der Waals surface area (Å²) in [6, 6.07) is 13.0. The molecule has 0 amide bonds. The number of hydrogen-bond acceptors (Lipinski definition) is 2. The molecule has 0 unspecified atom stereocenters. The van der Waals surface area contributed by atoms with Crippen LogP contribution in [0, 0.1) is 0 Å². The van der Waals surface area contributed by atoms with Gasteiger partial charge in [0, 0.05) is 10.6 Å². The molecule has 2 aromatic rings. The lowest BCUT2D eigenvalue weighted by Crippen LogP contribution is -2.45. The zero-order valence-corrected chi connectivity index (χ0v) is 12.8. The fourth-order valence-electron chi connectivity index (χ4n) is 1.97. The van der Waals surface area contributed by atoms with Crippen LogP contribution in [0.1, 0.15) is 0 Å². The van der Waals surface area contributed by atoms with Crippen molar-refractivity contribution in [2.75, 3.05) is 0 Å². The van der Waals surface area contributed by atoms with E-state index in [-0.39, 0.29) is 10.6 Å². The highest BCUT2D eigenvalue weighted by atomic mass is 31.2. The summed E-state index contributed by atoms with van der Waals surface area (Å²) in [6.07, 6.45) is -15.7. The number of hydrogen-bond donors (Lipinski definition) is 0. The Hall–Kier alpha value is -1.79. The highest BCUT2D eigenvalue weighted by Crippen LogP contribution is 2.51. The minimum absolute atomic E-state index is 0.255. The van der Waals surface area contributed by atoms with E-state index in [4.69, 9.17) is 0 Å². The van der Waals surface area contributed by atoms with E-state index in [9.17, 15) is 30.9 Å². The summed E-state index contributed by atoms with van der Waals surface area (Å²) in [5.41, 5.74) is 0. The van der Waals surface area contributed by atoms with Crippen LogP contribution in [-0.2, 0) is 9.09 Å². The zero-order valence-electron chi connectivity index (χ0n) is 11.9. The Bertz CT molecular complexity index is 655. The molecule has 0 atom stereocenters. The van der Waals surface area contributed by atoms with Gasteiger partial charge in [0.2, 0.25) is 0 Å². The van der Waals surface area contributed by atoms with Crippen LogP contribution in [0.3, 0.4) is 0 Å². The smallest absolute Gasteiger partial charge is 0.299 e. The number of benzene rings is 2. The molecule has 2 nitrogen and oxygen atoms in total. The predicted molar refractivity (Wildman–Crippen MR) is 76.7 cm³/mol. The first kappa shape index (κ1) is 18.5. The molecule has 0 bridgehead atoms.